The summed E-state index contributed by atoms with van der Waals surface area (Å²) in [5.74, 6) is 0.195. The number of methoxy groups -OCH3 is 1. The third kappa shape index (κ3) is 1.46. The molecule has 72 valence electrons. The second-order valence-electron chi connectivity index (χ2n) is 2.83. The molecule has 14 heavy (non-hydrogen) atoms. The fraction of sp³-hybridized carbons (Fsp3) is 0.100. The number of nitrogens with one attached hydrogen (secondary N) is 1. The summed E-state index contributed by atoms with van der Waals surface area (Å²) in [7, 11) is 1.51. The number of ether oxygens (including phenoxy) is 1. The van der Waals surface area contributed by atoms with Gasteiger partial charge >= 0.3 is 0 Å². The van der Waals surface area contributed by atoms with E-state index in [1.54, 1.807) is 18.5 Å². The summed E-state index contributed by atoms with van der Waals surface area (Å²) in [5.41, 5.74) is 1.70. The zero-order valence-electron chi connectivity index (χ0n) is 7.62. The van der Waals surface area contributed by atoms with E-state index in [0.717, 1.165) is 11.1 Å². The first-order valence-corrected chi connectivity index (χ1v) is 4.14. The van der Waals surface area contributed by atoms with Crippen LogP contribution in [0.25, 0.3) is 11.1 Å². The summed E-state index contributed by atoms with van der Waals surface area (Å²) in [4.78, 5) is 0. The maximum absolute atomic E-state index is 12.9. The van der Waals surface area contributed by atoms with Gasteiger partial charge in [-0.25, -0.2) is 4.39 Å². The number of nitrogens with zero attached hydrogens (tertiary/aromatic N) is 1. The van der Waals surface area contributed by atoms with Gasteiger partial charge in [-0.2, -0.15) is 5.10 Å². The van der Waals surface area contributed by atoms with Crippen LogP contribution in [0, 0.1) is 5.82 Å². The summed E-state index contributed by atoms with van der Waals surface area (Å²) in [6.45, 7) is 0. The molecular formula is C10H9FN2O. The Labute approximate surface area is 80.5 Å². The van der Waals surface area contributed by atoms with Gasteiger partial charge in [0.2, 0.25) is 0 Å². The van der Waals surface area contributed by atoms with E-state index in [2.05, 4.69) is 10.2 Å². The van der Waals surface area contributed by atoms with Crippen molar-refractivity contribution in [1.82, 2.24) is 10.2 Å². The van der Waals surface area contributed by atoms with Crippen LogP contribution in [0.2, 0.25) is 0 Å². The third-order valence-electron chi connectivity index (χ3n) is 1.97. The zero-order chi connectivity index (χ0) is 9.97. The molecule has 0 aliphatic heterocycles. The number of hydrogen-bond acceptors (Lipinski definition) is 2. The molecule has 3 nitrogen and oxygen atoms in total. The van der Waals surface area contributed by atoms with Crippen molar-refractivity contribution >= 4 is 0 Å². The van der Waals surface area contributed by atoms with Crippen LogP contribution < -0.4 is 4.74 Å². The van der Waals surface area contributed by atoms with Gasteiger partial charge < -0.3 is 4.74 Å². The highest BCUT2D eigenvalue weighted by Gasteiger charge is 2.07. The smallest absolute Gasteiger partial charge is 0.129 e. The molecule has 4 heteroatoms. The Hall–Kier alpha value is -1.84. The van der Waals surface area contributed by atoms with Crippen LogP contribution in [-0.4, -0.2) is 17.3 Å². The molecule has 0 aliphatic rings. The summed E-state index contributed by atoms with van der Waals surface area (Å²) in [6, 6.07) is 4.41. The molecule has 0 unspecified atom stereocenters. The number of H-pyrrole nitrogens is 1. The van der Waals surface area contributed by atoms with Gasteiger partial charge in [0, 0.05) is 23.4 Å². The summed E-state index contributed by atoms with van der Waals surface area (Å²) >= 11 is 0. The maximum atomic E-state index is 12.9. The molecule has 1 aromatic heterocycles. The van der Waals surface area contributed by atoms with Crippen molar-refractivity contribution in [3.63, 3.8) is 0 Å². The van der Waals surface area contributed by atoms with Gasteiger partial charge in [-0.1, -0.05) is 0 Å². The number of aromatic amines is 1. The number of halogens is 1. The maximum Gasteiger partial charge on any atom is 0.129 e. The molecule has 1 aromatic carbocycles. The first-order chi connectivity index (χ1) is 6.81. The minimum absolute atomic E-state index is 0.311. The Morgan fingerprint density at radius 1 is 1.43 bits per heavy atom. The van der Waals surface area contributed by atoms with Gasteiger partial charge in [-0.3, -0.25) is 5.10 Å². The average molecular weight is 192 g/mol. The highest BCUT2D eigenvalue weighted by Crippen LogP contribution is 2.29. The van der Waals surface area contributed by atoms with E-state index in [0.29, 0.717) is 5.75 Å². The Morgan fingerprint density at radius 2 is 2.29 bits per heavy atom. The number of rotatable bonds is 2. The minimum atomic E-state index is -0.311. The molecule has 0 fully saturated rings. The molecule has 1 N–H and O–H groups in total. The van der Waals surface area contributed by atoms with E-state index in [-0.39, 0.29) is 5.82 Å². The van der Waals surface area contributed by atoms with Crippen LogP contribution >= 0.6 is 0 Å². The molecule has 0 aliphatic carbocycles. The van der Waals surface area contributed by atoms with Crippen LogP contribution in [0.3, 0.4) is 0 Å². The first-order valence-electron chi connectivity index (χ1n) is 4.14. The van der Waals surface area contributed by atoms with Crippen LogP contribution in [0.4, 0.5) is 4.39 Å². The fourth-order valence-electron chi connectivity index (χ4n) is 1.30. The van der Waals surface area contributed by atoms with Crippen molar-refractivity contribution < 1.29 is 9.13 Å². The molecule has 0 amide bonds. The van der Waals surface area contributed by atoms with Crippen LogP contribution in [0.5, 0.6) is 5.75 Å². The topological polar surface area (TPSA) is 37.9 Å². The lowest BCUT2D eigenvalue weighted by atomic mass is 10.1. The van der Waals surface area contributed by atoms with Crippen LogP contribution in [-0.2, 0) is 0 Å². The minimum Gasteiger partial charge on any atom is -0.496 e. The largest absolute Gasteiger partial charge is 0.496 e. The second-order valence-corrected chi connectivity index (χ2v) is 2.83. The monoisotopic (exact) mass is 192 g/mol. The molecular weight excluding hydrogens is 183 g/mol. The van der Waals surface area contributed by atoms with E-state index < -0.39 is 0 Å². The van der Waals surface area contributed by atoms with Gasteiger partial charge in [0.15, 0.2) is 0 Å². The Morgan fingerprint density at radius 3 is 2.93 bits per heavy atom. The molecule has 2 rings (SSSR count). The number of hydrogen-bond donors (Lipinski definition) is 1. The summed E-state index contributed by atoms with van der Waals surface area (Å²) < 4.78 is 17.9. The van der Waals surface area contributed by atoms with E-state index in [1.807, 2.05) is 0 Å². The Kier molecular flexibility index (Phi) is 2.18. The highest BCUT2D eigenvalue weighted by atomic mass is 19.1. The van der Waals surface area contributed by atoms with Gasteiger partial charge in [0.05, 0.1) is 13.3 Å². The Balaban J connectivity index is 2.53. The SMILES string of the molecule is COc1cc(F)ccc1-c1cn[nH]c1. The van der Waals surface area contributed by atoms with Crippen LogP contribution in [0.15, 0.2) is 30.6 Å². The molecule has 0 atom stereocenters. The normalized spacial score (nSPS) is 10.1. The summed E-state index contributed by atoms with van der Waals surface area (Å²) in [5, 5.41) is 6.52. The van der Waals surface area contributed by atoms with Gasteiger partial charge in [0.25, 0.3) is 0 Å². The van der Waals surface area contributed by atoms with Crippen molar-refractivity contribution in [2.45, 2.75) is 0 Å². The molecule has 0 spiro atoms. The van der Waals surface area contributed by atoms with Crippen molar-refractivity contribution in [3.05, 3.63) is 36.4 Å². The second kappa shape index (κ2) is 3.49. The molecule has 0 saturated carbocycles. The lowest BCUT2D eigenvalue weighted by Gasteiger charge is -2.05. The predicted molar refractivity (Wildman–Crippen MR) is 50.5 cm³/mol. The van der Waals surface area contributed by atoms with Crippen molar-refractivity contribution in [2.75, 3.05) is 7.11 Å². The van der Waals surface area contributed by atoms with Crippen molar-refractivity contribution in [3.8, 4) is 16.9 Å². The van der Waals surface area contributed by atoms with Gasteiger partial charge in [0.1, 0.15) is 11.6 Å². The zero-order valence-corrected chi connectivity index (χ0v) is 7.62. The van der Waals surface area contributed by atoms with E-state index >= 15 is 0 Å². The number of aromatic nitrogens is 2. The van der Waals surface area contributed by atoms with Crippen molar-refractivity contribution in [2.24, 2.45) is 0 Å². The van der Waals surface area contributed by atoms with Gasteiger partial charge in [-0.05, 0) is 12.1 Å². The van der Waals surface area contributed by atoms with E-state index in [9.17, 15) is 4.39 Å². The molecule has 2 aromatic rings. The van der Waals surface area contributed by atoms with E-state index in [1.165, 1.54) is 19.2 Å². The average Bonchev–Trinajstić information content (AvgIpc) is 2.70. The standard InChI is InChI=1S/C10H9FN2O/c1-14-10-4-8(11)2-3-9(10)7-5-12-13-6-7/h2-6H,1H3,(H,12,13). The molecule has 0 radical (unpaired) electrons. The quantitative estimate of drug-likeness (QED) is 0.792. The molecule has 1 heterocycles. The lowest BCUT2D eigenvalue weighted by molar-refractivity contribution is 0.413. The molecule has 0 bridgehead atoms. The first kappa shape index (κ1) is 8.74. The number of benzene rings is 1. The lowest BCUT2D eigenvalue weighted by Crippen LogP contribution is -1.88. The summed E-state index contributed by atoms with van der Waals surface area (Å²) in [6.07, 6.45) is 3.39. The van der Waals surface area contributed by atoms with Crippen molar-refractivity contribution in [1.29, 1.82) is 0 Å². The predicted octanol–water partition coefficient (Wildman–Crippen LogP) is 2.22. The fourth-order valence-corrected chi connectivity index (χ4v) is 1.30. The third-order valence-corrected chi connectivity index (χ3v) is 1.97. The van der Waals surface area contributed by atoms with Crippen LogP contribution in [0.1, 0.15) is 0 Å². The van der Waals surface area contributed by atoms with E-state index in [4.69, 9.17) is 4.74 Å². The Bertz CT molecular complexity index is 426. The van der Waals surface area contributed by atoms with Gasteiger partial charge in [-0.15, -0.1) is 0 Å². The highest BCUT2D eigenvalue weighted by molar-refractivity contribution is 5.69. The molecule has 0 saturated heterocycles.